The van der Waals surface area contributed by atoms with Gasteiger partial charge in [-0.3, -0.25) is 4.79 Å². The first-order valence-corrected chi connectivity index (χ1v) is 9.85. The number of anilines is 2. The number of methoxy groups -OCH3 is 1. The van der Waals surface area contributed by atoms with Gasteiger partial charge in [0, 0.05) is 4.88 Å². The van der Waals surface area contributed by atoms with Gasteiger partial charge in [-0.1, -0.05) is 12.1 Å². The number of benzene rings is 1. The molecule has 3 aromatic rings. The van der Waals surface area contributed by atoms with Gasteiger partial charge in [0.1, 0.15) is 22.3 Å². The van der Waals surface area contributed by atoms with Crippen LogP contribution in [0.2, 0.25) is 0 Å². The number of hydrogen-bond acceptors (Lipinski definition) is 5. The lowest BCUT2D eigenvalue weighted by molar-refractivity contribution is 0.102. The Morgan fingerprint density at radius 2 is 2.07 bits per heavy atom. The number of rotatable bonds is 6. The van der Waals surface area contributed by atoms with Gasteiger partial charge in [0.2, 0.25) is 0 Å². The summed E-state index contributed by atoms with van der Waals surface area (Å²) < 4.78 is 11.0. The third kappa shape index (κ3) is 3.57. The molecule has 4 rings (SSSR count). The van der Waals surface area contributed by atoms with Crippen LogP contribution in [-0.4, -0.2) is 13.0 Å². The van der Waals surface area contributed by atoms with Gasteiger partial charge in [-0.05, 0) is 56.0 Å². The second-order valence-corrected chi connectivity index (χ2v) is 7.69. The van der Waals surface area contributed by atoms with Gasteiger partial charge in [0.15, 0.2) is 0 Å². The fraction of sp³-hybridized carbons (Fsp3) is 0.286. The Balaban J connectivity index is 1.59. The van der Waals surface area contributed by atoms with Gasteiger partial charge >= 0.3 is 0 Å². The quantitative estimate of drug-likeness (QED) is 0.629. The number of ether oxygens (including phenoxy) is 1. The van der Waals surface area contributed by atoms with E-state index in [0.29, 0.717) is 18.0 Å². The number of carbonyl (C=O) groups excluding carboxylic acids is 1. The molecule has 0 saturated heterocycles. The van der Waals surface area contributed by atoms with Crippen LogP contribution in [0.15, 0.2) is 40.8 Å². The summed E-state index contributed by atoms with van der Waals surface area (Å²) in [6.07, 6.45) is 3.09. The summed E-state index contributed by atoms with van der Waals surface area (Å²) >= 11 is 1.68. The van der Waals surface area contributed by atoms with Crippen LogP contribution in [0.5, 0.6) is 5.75 Å². The summed E-state index contributed by atoms with van der Waals surface area (Å²) in [4.78, 5) is 14.4. The van der Waals surface area contributed by atoms with Crippen molar-refractivity contribution in [2.45, 2.75) is 32.7 Å². The van der Waals surface area contributed by atoms with Crippen LogP contribution >= 0.6 is 11.3 Å². The van der Waals surface area contributed by atoms with Crippen molar-refractivity contribution < 1.29 is 13.9 Å². The highest BCUT2D eigenvalue weighted by Crippen LogP contribution is 2.40. The lowest BCUT2D eigenvalue weighted by atomic mass is 10.1. The van der Waals surface area contributed by atoms with Crippen molar-refractivity contribution in [2.24, 2.45) is 0 Å². The molecule has 0 fully saturated rings. The summed E-state index contributed by atoms with van der Waals surface area (Å²) in [5, 5.41) is 7.32. The number of furan rings is 1. The average molecular weight is 382 g/mol. The number of hydrogen-bond donors (Lipinski definition) is 2. The maximum Gasteiger partial charge on any atom is 0.259 e. The van der Waals surface area contributed by atoms with Gasteiger partial charge in [-0.15, -0.1) is 11.3 Å². The van der Waals surface area contributed by atoms with Crippen molar-refractivity contribution in [3.8, 4) is 5.75 Å². The number of carbonyl (C=O) groups is 1. The lowest BCUT2D eigenvalue weighted by Crippen LogP contribution is -2.15. The van der Waals surface area contributed by atoms with Gasteiger partial charge in [0.25, 0.3) is 5.91 Å². The van der Waals surface area contributed by atoms with E-state index in [9.17, 15) is 4.79 Å². The molecule has 0 aliphatic heterocycles. The van der Waals surface area contributed by atoms with E-state index in [1.165, 1.54) is 10.4 Å². The number of fused-ring (bicyclic) bond motifs is 1. The molecule has 5 nitrogen and oxygen atoms in total. The van der Waals surface area contributed by atoms with Crippen molar-refractivity contribution in [2.75, 3.05) is 17.7 Å². The molecule has 0 saturated carbocycles. The van der Waals surface area contributed by atoms with Crippen molar-refractivity contribution in [1.29, 1.82) is 0 Å². The molecule has 2 aromatic heterocycles. The smallest absolute Gasteiger partial charge is 0.259 e. The topological polar surface area (TPSA) is 63.5 Å². The Labute approximate surface area is 162 Å². The molecule has 0 radical (unpaired) electrons. The van der Waals surface area contributed by atoms with E-state index >= 15 is 0 Å². The van der Waals surface area contributed by atoms with Crippen LogP contribution in [0, 0.1) is 6.92 Å². The molecule has 0 atom stereocenters. The minimum Gasteiger partial charge on any atom is -0.495 e. The second-order valence-electron chi connectivity index (χ2n) is 6.58. The monoisotopic (exact) mass is 382 g/mol. The molecule has 1 amide bonds. The average Bonchev–Trinajstić information content (AvgIpc) is 3.35. The summed E-state index contributed by atoms with van der Waals surface area (Å²) in [6.45, 7) is 2.48. The molecule has 2 N–H and O–H groups in total. The maximum absolute atomic E-state index is 13.1. The second kappa shape index (κ2) is 7.48. The molecule has 1 aliphatic rings. The number of aryl methyl sites for hydroxylation is 2. The molecule has 0 spiro atoms. The highest BCUT2D eigenvalue weighted by molar-refractivity contribution is 7.16. The number of amides is 1. The van der Waals surface area contributed by atoms with E-state index in [1.807, 2.05) is 43.3 Å². The molecule has 1 aromatic carbocycles. The predicted molar refractivity (Wildman–Crippen MR) is 108 cm³/mol. The first-order valence-electron chi connectivity index (χ1n) is 9.04. The number of nitrogens with one attached hydrogen (secondary N) is 2. The van der Waals surface area contributed by atoms with Gasteiger partial charge in [-0.25, -0.2) is 0 Å². The van der Waals surface area contributed by atoms with E-state index in [2.05, 4.69) is 10.6 Å². The van der Waals surface area contributed by atoms with Gasteiger partial charge < -0.3 is 19.8 Å². The first kappa shape index (κ1) is 17.7. The standard InChI is InChI=1S/C21H22N2O3S/c1-13-10-11-14(26-13)12-22-21-19(15-6-5-9-18(15)27-21)20(24)23-16-7-3-4-8-17(16)25-2/h3-4,7-8,10-11,22H,5-6,9,12H2,1-2H3,(H,23,24). The predicted octanol–water partition coefficient (Wildman–Crippen LogP) is 5.01. The summed E-state index contributed by atoms with van der Waals surface area (Å²) in [6, 6.07) is 11.4. The highest BCUT2D eigenvalue weighted by atomic mass is 32.1. The zero-order chi connectivity index (χ0) is 18.8. The van der Waals surface area contributed by atoms with Crippen LogP contribution in [-0.2, 0) is 19.4 Å². The molecule has 0 unspecified atom stereocenters. The lowest BCUT2D eigenvalue weighted by Gasteiger charge is -2.12. The van der Waals surface area contributed by atoms with Crippen molar-refractivity contribution in [3.63, 3.8) is 0 Å². The normalized spacial score (nSPS) is 12.7. The largest absolute Gasteiger partial charge is 0.495 e. The highest BCUT2D eigenvalue weighted by Gasteiger charge is 2.27. The van der Waals surface area contributed by atoms with Gasteiger partial charge in [0.05, 0.1) is 24.9 Å². The number of para-hydroxylation sites is 2. The Bertz CT molecular complexity index is 974. The zero-order valence-corrected chi connectivity index (χ0v) is 16.2. The Hall–Kier alpha value is -2.73. The zero-order valence-electron chi connectivity index (χ0n) is 15.4. The van der Waals surface area contributed by atoms with E-state index in [-0.39, 0.29) is 5.91 Å². The molecule has 140 valence electrons. The Morgan fingerprint density at radius 3 is 2.85 bits per heavy atom. The molecule has 27 heavy (non-hydrogen) atoms. The third-order valence-electron chi connectivity index (χ3n) is 4.72. The third-order valence-corrected chi connectivity index (χ3v) is 5.97. The molecule has 2 heterocycles. The van der Waals surface area contributed by atoms with Crippen molar-refractivity contribution in [3.05, 3.63) is 63.9 Å². The van der Waals surface area contributed by atoms with Crippen molar-refractivity contribution in [1.82, 2.24) is 0 Å². The summed E-state index contributed by atoms with van der Waals surface area (Å²) in [7, 11) is 1.60. The van der Waals surface area contributed by atoms with E-state index in [1.54, 1.807) is 18.4 Å². The fourth-order valence-corrected chi connectivity index (χ4v) is 4.73. The minimum atomic E-state index is -0.1000. The van der Waals surface area contributed by atoms with Crippen LogP contribution in [0.4, 0.5) is 10.7 Å². The molecule has 6 heteroatoms. The fourth-order valence-electron chi connectivity index (χ4n) is 3.45. The van der Waals surface area contributed by atoms with E-state index < -0.39 is 0 Å². The Kier molecular flexibility index (Phi) is 4.90. The summed E-state index contributed by atoms with van der Waals surface area (Å²) in [5.74, 6) is 2.29. The van der Waals surface area contributed by atoms with E-state index in [0.717, 1.165) is 41.3 Å². The first-order chi connectivity index (χ1) is 13.2. The van der Waals surface area contributed by atoms with Crippen LogP contribution in [0.25, 0.3) is 0 Å². The minimum absolute atomic E-state index is 0.1000. The summed E-state index contributed by atoms with van der Waals surface area (Å²) in [5.41, 5.74) is 2.60. The van der Waals surface area contributed by atoms with E-state index in [4.69, 9.17) is 9.15 Å². The van der Waals surface area contributed by atoms with Gasteiger partial charge in [-0.2, -0.15) is 0 Å². The van der Waals surface area contributed by atoms with Crippen LogP contribution < -0.4 is 15.4 Å². The molecular weight excluding hydrogens is 360 g/mol. The van der Waals surface area contributed by atoms with Crippen molar-refractivity contribution >= 4 is 27.9 Å². The van der Waals surface area contributed by atoms with Crippen LogP contribution in [0.1, 0.15) is 38.7 Å². The van der Waals surface area contributed by atoms with Crippen LogP contribution in [0.3, 0.4) is 0 Å². The molecule has 1 aliphatic carbocycles. The number of thiophene rings is 1. The maximum atomic E-state index is 13.1. The Morgan fingerprint density at radius 1 is 1.22 bits per heavy atom. The SMILES string of the molecule is COc1ccccc1NC(=O)c1c(NCc2ccc(C)o2)sc2c1CCC2. The molecule has 0 bridgehead atoms. The molecular formula is C21H22N2O3S.